The first-order valence-electron chi connectivity index (χ1n) is 7.65. The van der Waals surface area contributed by atoms with Gasteiger partial charge in [0.2, 0.25) is 10.0 Å². The first-order chi connectivity index (χ1) is 12.2. The van der Waals surface area contributed by atoms with E-state index in [0.29, 0.717) is 6.42 Å². The smallest absolute Gasteiger partial charge is 0.406 e. The van der Waals surface area contributed by atoms with E-state index in [1.54, 1.807) is 6.20 Å². The van der Waals surface area contributed by atoms with E-state index in [-0.39, 0.29) is 11.4 Å². The van der Waals surface area contributed by atoms with Crippen LogP contribution in [0.4, 0.5) is 13.2 Å². The number of benzene rings is 2. The average molecular weight is 384 g/mol. The molecule has 3 aromatic rings. The van der Waals surface area contributed by atoms with Crippen molar-refractivity contribution in [1.82, 2.24) is 9.71 Å². The fraction of sp³-hybridized carbons (Fsp3) is 0.176. The predicted molar refractivity (Wildman–Crippen MR) is 90.3 cm³/mol. The number of alkyl halides is 3. The Bertz CT molecular complexity index is 1010. The van der Waals surface area contributed by atoms with E-state index >= 15 is 0 Å². The normalized spacial score (nSPS) is 12.4. The minimum Gasteiger partial charge on any atom is -0.406 e. The summed E-state index contributed by atoms with van der Waals surface area (Å²) in [6, 6.07) is 11.9. The number of halogens is 3. The second-order valence-corrected chi connectivity index (χ2v) is 7.30. The summed E-state index contributed by atoms with van der Waals surface area (Å²) in [5.74, 6) is -0.586. The van der Waals surface area contributed by atoms with Gasteiger partial charge in [-0.05, 0) is 30.2 Å². The molecule has 26 heavy (non-hydrogen) atoms. The molecule has 3 rings (SSSR count). The molecule has 0 aliphatic heterocycles. The molecular weight excluding hydrogens is 369 g/mol. The van der Waals surface area contributed by atoms with Crippen molar-refractivity contribution in [2.45, 2.75) is 17.7 Å². The van der Waals surface area contributed by atoms with Gasteiger partial charge in [0.15, 0.2) is 0 Å². The fourth-order valence-electron chi connectivity index (χ4n) is 2.58. The van der Waals surface area contributed by atoms with Gasteiger partial charge < -0.3 is 9.72 Å². The lowest BCUT2D eigenvalue weighted by Gasteiger charge is -2.11. The number of sulfonamides is 1. The minimum atomic E-state index is -4.88. The molecule has 138 valence electrons. The molecule has 0 amide bonds. The molecule has 2 N–H and O–H groups in total. The highest BCUT2D eigenvalue weighted by Gasteiger charge is 2.31. The van der Waals surface area contributed by atoms with Gasteiger partial charge in [-0.25, -0.2) is 13.1 Å². The Balaban J connectivity index is 1.68. The molecule has 0 saturated heterocycles. The lowest BCUT2D eigenvalue weighted by Crippen LogP contribution is -2.26. The Morgan fingerprint density at radius 1 is 1.08 bits per heavy atom. The molecule has 0 radical (unpaired) electrons. The molecule has 0 spiro atoms. The summed E-state index contributed by atoms with van der Waals surface area (Å²) in [6.45, 7) is 0.106. The minimum absolute atomic E-state index is 0.106. The van der Waals surface area contributed by atoms with Crippen LogP contribution < -0.4 is 9.46 Å². The van der Waals surface area contributed by atoms with Crippen LogP contribution in [-0.2, 0) is 16.4 Å². The molecular formula is C17H15F3N2O3S. The van der Waals surface area contributed by atoms with Crippen molar-refractivity contribution in [3.63, 3.8) is 0 Å². The molecule has 0 saturated carbocycles. The lowest BCUT2D eigenvalue weighted by molar-refractivity contribution is -0.274. The number of aromatic amines is 1. The number of ether oxygens (including phenoxy) is 1. The Morgan fingerprint density at radius 3 is 2.62 bits per heavy atom. The standard InChI is InChI=1S/C17H15F3N2O3S/c18-17(19,20)25-13-4-3-5-14(10-13)26(23,24)22-9-8-12-11-21-16-7-2-1-6-15(12)16/h1-7,10-11,21-22H,8-9H2. The number of H-pyrrole nitrogens is 1. The van der Waals surface area contributed by atoms with Crippen LogP contribution in [0.1, 0.15) is 5.56 Å². The second-order valence-electron chi connectivity index (χ2n) is 5.53. The molecule has 1 heterocycles. The van der Waals surface area contributed by atoms with Gasteiger partial charge in [-0.15, -0.1) is 13.2 Å². The van der Waals surface area contributed by atoms with Crippen molar-refractivity contribution in [3.05, 3.63) is 60.3 Å². The zero-order valence-corrected chi connectivity index (χ0v) is 14.2. The number of para-hydroxylation sites is 1. The van der Waals surface area contributed by atoms with Crippen LogP contribution in [0.2, 0.25) is 0 Å². The van der Waals surface area contributed by atoms with Crippen molar-refractivity contribution in [2.75, 3.05) is 6.54 Å². The lowest BCUT2D eigenvalue weighted by atomic mass is 10.1. The number of aromatic nitrogens is 1. The summed E-state index contributed by atoms with van der Waals surface area (Å²) >= 11 is 0. The molecule has 0 unspecified atom stereocenters. The molecule has 9 heteroatoms. The zero-order valence-electron chi connectivity index (χ0n) is 13.4. The van der Waals surface area contributed by atoms with Crippen molar-refractivity contribution in [3.8, 4) is 5.75 Å². The van der Waals surface area contributed by atoms with Crippen LogP contribution >= 0.6 is 0 Å². The van der Waals surface area contributed by atoms with Crippen molar-refractivity contribution in [2.24, 2.45) is 0 Å². The van der Waals surface area contributed by atoms with E-state index < -0.39 is 22.1 Å². The first kappa shape index (κ1) is 18.3. The zero-order chi connectivity index (χ0) is 18.8. The van der Waals surface area contributed by atoms with E-state index in [2.05, 4.69) is 14.4 Å². The summed E-state index contributed by atoms with van der Waals surface area (Å²) in [6.07, 6.45) is -2.65. The van der Waals surface area contributed by atoms with Gasteiger partial charge in [-0.3, -0.25) is 0 Å². The molecule has 0 atom stereocenters. The van der Waals surface area contributed by atoms with Gasteiger partial charge in [0.25, 0.3) is 0 Å². The number of rotatable bonds is 6. The van der Waals surface area contributed by atoms with E-state index in [1.165, 1.54) is 12.1 Å². The van der Waals surface area contributed by atoms with Gasteiger partial charge in [0.1, 0.15) is 5.75 Å². The molecule has 0 fully saturated rings. The predicted octanol–water partition coefficient (Wildman–Crippen LogP) is 3.59. The van der Waals surface area contributed by atoms with Crippen molar-refractivity contribution >= 4 is 20.9 Å². The van der Waals surface area contributed by atoms with Crippen LogP contribution in [0.15, 0.2) is 59.6 Å². The van der Waals surface area contributed by atoms with Crippen molar-refractivity contribution < 1.29 is 26.3 Å². The van der Waals surface area contributed by atoms with Gasteiger partial charge >= 0.3 is 6.36 Å². The largest absolute Gasteiger partial charge is 0.573 e. The van der Waals surface area contributed by atoms with Gasteiger partial charge in [-0.2, -0.15) is 0 Å². The number of hydrogen-bond donors (Lipinski definition) is 2. The quantitative estimate of drug-likeness (QED) is 0.682. The SMILES string of the molecule is O=S(=O)(NCCc1c[nH]c2ccccc12)c1cccc(OC(F)(F)F)c1. The van der Waals surface area contributed by atoms with Gasteiger partial charge in [-0.1, -0.05) is 24.3 Å². The third-order valence-electron chi connectivity index (χ3n) is 3.71. The Kier molecular flexibility index (Phi) is 4.92. The summed E-state index contributed by atoms with van der Waals surface area (Å²) in [5.41, 5.74) is 1.89. The molecule has 1 aromatic heterocycles. The van der Waals surface area contributed by atoms with Crippen molar-refractivity contribution in [1.29, 1.82) is 0 Å². The monoisotopic (exact) mass is 384 g/mol. The van der Waals surface area contributed by atoms with Gasteiger partial charge in [0, 0.05) is 29.7 Å². The third kappa shape index (κ3) is 4.36. The van der Waals surface area contributed by atoms with E-state index in [1.807, 2.05) is 24.3 Å². The van der Waals surface area contributed by atoms with Gasteiger partial charge in [0.05, 0.1) is 4.90 Å². The number of nitrogens with one attached hydrogen (secondary N) is 2. The number of fused-ring (bicyclic) bond motifs is 1. The van der Waals surface area contributed by atoms with Crippen LogP contribution in [0.3, 0.4) is 0 Å². The summed E-state index contributed by atoms with van der Waals surface area (Å²) < 4.78 is 67.5. The molecule has 5 nitrogen and oxygen atoms in total. The highest BCUT2D eigenvalue weighted by molar-refractivity contribution is 7.89. The third-order valence-corrected chi connectivity index (χ3v) is 5.17. The Morgan fingerprint density at radius 2 is 1.85 bits per heavy atom. The first-order valence-corrected chi connectivity index (χ1v) is 9.13. The fourth-order valence-corrected chi connectivity index (χ4v) is 3.65. The van der Waals surface area contributed by atoms with Crippen LogP contribution in [0, 0.1) is 0 Å². The molecule has 0 aliphatic rings. The molecule has 2 aromatic carbocycles. The summed E-state index contributed by atoms with van der Waals surface area (Å²) in [5, 5.41) is 0.993. The summed E-state index contributed by atoms with van der Waals surface area (Å²) in [7, 11) is -3.95. The molecule has 0 aliphatic carbocycles. The maximum absolute atomic E-state index is 12.3. The molecule has 0 bridgehead atoms. The maximum Gasteiger partial charge on any atom is 0.573 e. The van der Waals surface area contributed by atoms with E-state index in [4.69, 9.17) is 0 Å². The Labute approximate surface area is 147 Å². The highest BCUT2D eigenvalue weighted by atomic mass is 32.2. The topological polar surface area (TPSA) is 71.2 Å². The van der Waals surface area contributed by atoms with E-state index in [0.717, 1.165) is 28.6 Å². The van der Waals surface area contributed by atoms with Crippen LogP contribution in [0.25, 0.3) is 10.9 Å². The Hall–Kier alpha value is -2.52. The number of hydrogen-bond acceptors (Lipinski definition) is 3. The van der Waals surface area contributed by atoms with E-state index in [9.17, 15) is 21.6 Å². The summed E-state index contributed by atoms with van der Waals surface area (Å²) in [4.78, 5) is 2.80. The second kappa shape index (κ2) is 7.00. The average Bonchev–Trinajstić information content (AvgIpc) is 2.97. The van der Waals surface area contributed by atoms with Crippen LogP contribution in [-0.4, -0.2) is 26.3 Å². The highest BCUT2D eigenvalue weighted by Crippen LogP contribution is 2.25. The van der Waals surface area contributed by atoms with Crippen LogP contribution in [0.5, 0.6) is 5.75 Å². The maximum atomic E-state index is 12.3.